The smallest absolute Gasteiger partial charge is 0.248 e. The molecule has 1 aromatic heterocycles. The number of nitrogens with one attached hydrogen (secondary N) is 2. The quantitative estimate of drug-likeness (QED) is 0.642. The summed E-state index contributed by atoms with van der Waals surface area (Å²) < 4.78 is 0.828. The van der Waals surface area contributed by atoms with Crippen molar-refractivity contribution >= 4 is 46.0 Å². The second kappa shape index (κ2) is 8.14. The predicted molar refractivity (Wildman–Crippen MR) is 87.8 cm³/mol. The van der Waals surface area contributed by atoms with Gasteiger partial charge in [0.05, 0.1) is 15.7 Å². The standard InChI is InChI=1S/C13H20N4O3S2/c1-6(2)10(16-8(4)18)11(20)17-13-15-7(3)12(22-13)21-5-9(14)19/h6,10H,5H2,1-4H3,(H2,14,19)(H,16,18)(H,15,17,20). The molecule has 122 valence electrons. The van der Waals surface area contributed by atoms with Gasteiger partial charge in [0, 0.05) is 6.92 Å². The Balaban J connectivity index is 2.76. The van der Waals surface area contributed by atoms with Crippen molar-refractivity contribution in [3.05, 3.63) is 5.69 Å². The van der Waals surface area contributed by atoms with Crippen molar-refractivity contribution < 1.29 is 14.4 Å². The average Bonchev–Trinajstić information content (AvgIpc) is 2.72. The molecule has 1 aromatic rings. The molecule has 0 saturated carbocycles. The van der Waals surface area contributed by atoms with Crippen molar-refractivity contribution in [2.75, 3.05) is 11.1 Å². The van der Waals surface area contributed by atoms with Crippen molar-refractivity contribution in [1.29, 1.82) is 0 Å². The maximum absolute atomic E-state index is 12.2. The first-order valence-electron chi connectivity index (χ1n) is 6.67. The monoisotopic (exact) mass is 344 g/mol. The number of aryl methyl sites for hydroxylation is 1. The number of primary amides is 1. The summed E-state index contributed by atoms with van der Waals surface area (Å²) in [5, 5.41) is 5.76. The minimum absolute atomic E-state index is 0.0475. The van der Waals surface area contributed by atoms with E-state index in [-0.39, 0.29) is 23.5 Å². The van der Waals surface area contributed by atoms with Crippen molar-refractivity contribution in [3.63, 3.8) is 0 Å². The fraction of sp³-hybridized carbons (Fsp3) is 0.538. The van der Waals surface area contributed by atoms with Crippen LogP contribution in [-0.4, -0.2) is 34.5 Å². The van der Waals surface area contributed by atoms with E-state index in [0.29, 0.717) is 5.13 Å². The zero-order chi connectivity index (χ0) is 16.9. The first-order valence-corrected chi connectivity index (χ1v) is 8.47. The number of aromatic nitrogens is 1. The van der Waals surface area contributed by atoms with Crippen LogP contribution in [0.2, 0.25) is 0 Å². The number of carbonyl (C=O) groups is 3. The summed E-state index contributed by atoms with van der Waals surface area (Å²) >= 11 is 2.57. The first-order chi connectivity index (χ1) is 10.2. The highest BCUT2D eigenvalue weighted by Crippen LogP contribution is 2.31. The van der Waals surface area contributed by atoms with Gasteiger partial charge in [-0.3, -0.25) is 14.4 Å². The summed E-state index contributed by atoms with van der Waals surface area (Å²) in [5.41, 5.74) is 5.84. The predicted octanol–water partition coefficient (Wildman–Crippen LogP) is 1.13. The van der Waals surface area contributed by atoms with Gasteiger partial charge in [-0.1, -0.05) is 25.2 Å². The van der Waals surface area contributed by atoms with Crippen LogP contribution in [0.3, 0.4) is 0 Å². The number of hydrogen-bond acceptors (Lipinski definition) is 6. The molecule has 0 aromatic carbocycles. The summed E-state index contributed by atoms with van der Waals surface area (Å²) in [7, 11) is 0. The molecule has 0 fully saturated rings. The van der Waals surface area contributed by atoms with E-state index in [2.05, 4.69) is 15.6 Å². The molecule has 7 nitrogen and oxygen atoms in total. The fourth-order valence-electron chi connectivity index (χ4n) is 1.64. The second-order valence-corrected chi connectivity index (χ2v) is 7.30. The zero-order valence-electron chi connectivity index (χ0n) is 12.9. The lowest BCUT2D eigenvalue weighted by molar-refractivity contribution is -0.126. The van der Waals surface area contributed by atoms with Crippen LogP contribution in [0.4, 0.5) is 5.13 Å². The van der Waals surface area contributed by atoms with Gasteiger partial charge in [-0.25, -0.2) is 4.98 Å². The summed E-state index contributed by atoms with van der Waals surface area (Å²) in [6.45, 7) is 6.86. The van der Waals surface area contributed by atoms with E-state index in [0.717, 1.165) is 9.90 Å². The van der Waals surface area contributed by atoms with Crippen LogP contribution in [-0.2, 0) is 14.4 Å². The average molecular weight is 344 g/mol. The molecule has 1 unspecified atom stereocenters. The van der Waals surface area contributed by atoms with Gasteiger partial charge in [0.15, 0.2) is 5.13 Å². The Morgan fingerprint density at radius 3 is 2.50 bits per heavy atom. The van der Waals surface area contributed by atoms with Gasteiger partial charge in [-0.05, 0) is 12.8 Å². The number of thioether (sulfide) groups is 1. The molecule has 0 radical (unpaired) electrons. The number of anilines is 1. The number of thiazole rings is 1. The highest BCUT2D eigenvalue weighted by Gasteiger charge is 2.24. The molecule has 0 bridgehead atoms. The zero-order valence-corrected chi connectivity index (χ0v) is 14.6. The molecule has 22 heavy (non-hydrogen) atoms. The molecule has 0 aliphatic rings. The third kappa shape index (κ3) is 5.64. The number of hydrogen-bond donors (Lipinski definition) is 3. The molecular formula is C13H20N4O3S2. The van der Waals surface area contributed by atoms with Crippen LogP contribution in [0.25, 0.3) is 0 Å². The Morgan fingerprint density at radius 1 is 1.36 bits per heavy atom. The van der Waals surface area contributed by atoms with E-state index in [9.17, 15) is 14.4 Å². The van der Waals surface area contributed by atoms with Gasteiger partial charge < -0.3 is 16.4 Å². The SMILES string of the molecule is CC(=O)NC(C(=O)Nc1nc(C)c(SCC(N)=O)s1)C(C)C. The Hall–Kier alpha value is -1.61. The van der Waals surface area contributed by atoms with Crippen LogP contribution in [0.15, 0.2) is 4.21 Å². The maximum atomic E-state index is 12.2. The van der Waals surface area contributed by atoms with Crippen LogP contribution in [0.1, 0.15) is 26.5 Å². The van der Waals surface area contributed by atoms with Crippen molar-refractivity contribution in [2.45, 2.75) is 37.9 Å². The van der Waals surface area contributed by atoms with Crippen LogP contribution >= 0.6 is 23.1 Å². The normalized spacial score (nSPS) is 12.0. The second-order valence-electron chi connectivity index (χ2n) is 5.06. The minimum Gasteiger partial charge on any atom is -0.369 e. The highest BCUT2D eigenvalue weighted by molar-refractivity contribution is 8.01. The van der Waals surface area contributed by atoms with Crippen molar-refractivity contribution in [3.8, 4) is 0 Å². The van der Waals surface area contributed by atoms with E-state index in [1.54, 1.807) is 6.92 Å². The van der Waals surface area contributed by atoms with Gasteiger partial charge in [-0.15, -0.1) is 11.8 Å². The molecule has 1 atom stereocenters. The third-order valence-electron chi connectivity index (χ3n) is 2.64. The molecule has 4 N–H and O–H groups in total. The van der Waals surface area contributed by atoms with Crippen molar-refractivity contribution in [1.82, 2.24) is 10.3 Å². The van der Waals surface area contributed by atoms with Crippen LogP contribution in [0.5, 0.6) is 0 Å². The van der Waals surface area contributed by atoms with Gasteiger partial charge in [0.1, 0.15) is 6.04 Å². The molecule has 0 aliphatic heterocycles. The topological polar surface area (TPSA) is 114 Å². The first kappa shape index (κ1) is 18.4. The molecule has 0 aliphatic carbocycles. The van der Waals surface area contributed by atoms with Gasteiger partial charge in [0.25, 0.3) is 0 Å². The molecule has 1 heterocycles. The minimum atomic E-state index is -0.622. The Kier molecular flexibility index (Phi) is 6.82. The lowest BCUT2D eigenvalue weighted by atomic mass is 10.0. The number of rotatable bonds is 7. The summed E-state index contributed by atoms with van der Waals surface area (Å²) in [6, 6.07) is -0.622. The van der Waals surface area contributed by atoms with Gasteiger partial charge in [-0.2, -0.15) is 0 Å². The number of carbonyl (C=O) groups excluding carboxylic acids is 3. The van der Waals surface area contributed by atoms with E-state index < -0.39 is 11.9 Å². The Bertz CT molecular complexity index is 572. The van der Waals surface area contributed by atoms with E-state index >= 15 is 0 Å². The number of nitrogens with two attached hydrogens (primary N) is 1. The molecule has 0 spiro atoms. The number of nitrogens with zero attached hydrogens (tertiary/aromatic N) is 1. The van der Waals surface area contributed by atoms with Crippen LogP contribution in [0, 0.1) is 12.8 Å². The molecule has 9 heteroatoms. The van der Waals surface area contributed by atoms with Gasteiger partial charge >= 0.3 is 0 Å². The fourth-order valence-corrected chi connectivity index (χ4v) is 3.52. The summed E-state index contributed by atoms with van der Waals surface area (Å²) in [4.78, 5) is 38.5. The van der Waals surface area contributed by atoms with E-state index in [4.69, 9.17) is 5.73 Å². The highest BCUT2D eigenvalue weighted by atomic mass is 32.2. The molecule has 3 amide bonds. The summed E-state index contributed by atoms with van der Waals surface area (Å²) in [5.74, 6) is -0.869. The van der Waals surface area contributed by atoms with E-state index in [1.807, 2.05) is 13.8 Å². The summed E-state index contributed by atoms with van der Waals surface area (Å²) in [6.07, 6.45) is 0. The number of amides is 3. The lowest BCUT2D eigenvalue weighted by Crippen LogP contribution is -2.46. The Morgan fingerprint density at radius 2 is 2.00 bits per heavy atom. The Labute approximate surface area is 137 Å². The molecular weight excluding hydrogens is 324 g/mol. The third-order valence-corrected chi connectivity index (χ3v) is 5.10. The lowest BCUT2D eigenvalue weighted by Gasteiger charge is -2.20. The van der Waals surface area contributed by atoms with Crippen LogP contribution < -0.4 is 16.4 Å². The molecule has 1 rings (SSSR count). The largest absolute Gasteiger partial charge is 0.369 e. The maximum Gasteiger partial charge on any atom is 0.248 e. The molecule has 0 saturated heterocycles. The van der Waals surface area contributed by atoms with E-state index in [1.165, 1.54) is 30.0 Å². The van der Waals surface area contributed by atoms with Gasteiger partial charge in [0.2, 0.25) is 17.7 Å². The van der Waals surface area contributed by atoms with Crippen molar-refractivity contribution in [2.24, 2.45) is 11.7 Å².